The fourth-order valence-corrected chi connectivity index (χ4v) is 2.89. The normalized spacial score (nSPS) is 29.1. The van der Waals surface area contributed by atoms with Crippen LogP contribution in [0.2, 0.25) is 19.6 Å². The van der Waals surface area contributed by atoms with E-state index < -0.39 is 8.32 Å². The molecule has 2 unspecified atom stereocenters. The first kappa shape index (κ1) is 12.2. The van der Waals surface area contributed by atoms with Crippen molar-refractivity contribution in [2.75, 3.05) is 13.2 Å². The van der Waals surface area contributed by atoms with Gasteiger partial charge in [0.2, 0.25) is 0 Å². The lowest BCUT2D eigenvalue weighted by Gasteiger charge is -2.32. The Morgan fingerprint density at radius 3 is 2.21 bits per heavy atom. The molecule has 1 fully saturated rings. The first-order valence-corrected chi connectivity index (χ1v) is 9.28. The molecule has 1 aliphatic rings. The van der Waals surface area contributed by atoms with Crippen molar-refractivity contribution in [2.45, 2.75) is 45.3 Å². The van der Waals surface area contributed by atoms with Crippen LogP contribution in [0.1, 0.15) is 25.7 Å². The fourth-order valence-electron chi connectivity index (χ4n) is 2.17. The summed E-state index contributed by atoms with van der Waals surface area (Å²) in [6.07, 6.45) is 5.38. The van der Waals surface area contributed by atoms with Crippen LogP contribution in [0, 0.1) is 11.8 Å². The average molecular weight is 215 g/mol. The van der Waals surface area contributed by atoms with Crippen LogP contribution in [-0.4, -0.2) is 21.5 Å². The summed E-state index contributed by atoms with van der Waals surface area (Å²) in [5.41, 5.74) is 5.79. The second kappa shape index (κ2) is 5.28. The van der Waals surface area contributed by atoms with Gasteiger partial charge in [0.25, 0.3) is 0 Å². The standard InChI is InChI=1S/C11H25NOSi/c1-14(2,3)13-9-11-7-5-4-6-10(11)8-12/h10-11H,4-9,12H2,1-3H3. The molecule has 0 spiro atoms. The summed E-state index contributed by atoms with van der Waals surface area (Å²) in [5, 5.41) is 0. The lowest BCUT2D eigenvalue weighted by molar-refractivity contribution is 0.149. The summed E-state index contributed by atoms with van der Waals surface area (Å²) >= 11 is 0. The van der Waals surface area contributed by atoms with Gasteiger partial charge in [0.1, 0.15) is 0 Å². The lowest BCUT2D eigenvalue weighted by atomic mass is 9.80. The van der Waals surface area contributed by atoms with Crippen LogP contribution in [0.5, 0.6) is 0 Å². The zero-order valence-corrected chi connectivity index (χ0v) is 10.9. The van der Waals surface area contributed by atoms with Gasteiger partial charge in [-0.3, -0.25) is 0 Å². The molecular formula is C11H25NOSi. The highest BCUT2D eigenvalue weighted by Gasteiger charge is 2.26. The maximum atomic E-state index is 5.98. The van der Waals surface area contributed by atoms with Crippen LogP contribution >= 0.6 is 0 Å². The quantitative estimate of drug-likeness (QED) is 0.732. The Bertz CT molecular complexity index is 167. The zero-order chi connectivity index (χ0) is 10.6. The van der Waals surface area contributed by atoms with Gasteiger partial charge in [-0.2, -0.15) is 0 Å². The van der Waals surface area contributed by atoms with Crippen molar-refractivity contribution in [3.8, 4) is 0 Å². The Morgan fingerprint density at radius 2 is 1.71 bits per heavy atom. The molecule has 0 amide bonds. The van der Waals surface area contributed by atoms with Crippen molar-refractivity contribution < 1.29 is 4.43 Å². The van der Waals surface area contributed by atoms with Crippen LogP contribution in [0.4, 0.5) is 0 Å². The third-order valence-corrected chi connectivity index (χ3v) is 4.13. The summed E-state index contributed by atoms with van der Waals surface area (Å²) in [4.78, 5) is 0. The Labute approximate surface area is 89.3 Å². The van der Waals surface area contributed by atoms with E-state index in [0.717, 1.165) is 25.0 Å². The third-order valence-electron chi connectivity index (χ3n) is 3.10. The highest BCUT2D eigenvalue weighted by molar-refractivity contribution is 6.69. The summed E-state index contributed by atoms with van der Waals surface area (Å²) in [5.74, 6) is 1.46. The van der Waals surface area contributed by atoms with E-state index in [1.807, 2.05) is 0 Å². The van der Waals surface area contributed by atoms with Crippen LogP contribution in [0.15, 0.2) is 0 Å². The van der Waals surface area contributed by atoms with Gasteiger partial charge in [-0.05, 0) is 50.9 Å². The maximum Gasteiger partial charge on any atom is 0.183 e. The van der Waals surface area contributed by atoms with Gasteiger partial charge in [0.05, 0.1) is 0 Å². The largest absolute Gasteiger partial charge is 0.417 e. The Hall–Kier alpha value is 0.137. The molecule has 0 aliphatic heterocycles. The molecule has 0 bridgehead atoms. The van der Waals surface area contributed by atoms with Crippen molar-refractivity contribution >= 4 is 8.32 Å². The molecule has 1 rings (SSSR count). The SMILES string of the molecule is C[Si](C)(C)OCC1CCCCC1CN. The smallest absolute Gasteiger partial charge is 0.183 e. The van der Waals surface area contributed by atoms with Crippen molar-refractivity contribution in [3.05, 3.63) is 0 Å². The zero-order valence-electron chi connectivity index (χ0n) is 9.88. The van der Waals surface area contributed by atoms with E-state index in [1.165, 1.54) is 25.7 Å². The lowest BCUT2D eigenvalue weighted by Crippen LogP contribution is -2.34. The molecule has 0 aromatic carbocycles. The Kier molecular flexibility index (Phi) is 4.61. The van der Waals surface area contributed by atoms with Crippen LogP contribution < -0.4 is 5.73 Å². The Morgan fingerprint density at radius 1 is 1.14 bits per heavy atom. The second-order valence-electron chi connectivity index (χ2n) is 5.46. The molecule has 0 aromatic rings. The predicted octanol–water partition coefficient (Wildman–Crippen LogP) is 2.60. The van der Waals surface area contributed by atoms with Gasteiger partial charge in [-0.1, -0.05) is 12.8 Å². The summed E-state index contributed by atoms with van der Waals surface area (Å²) < 4.78 is 5.98. The van der Waals surface area contributed by atoms with Crippen LogP contribution in [0.3, 0.4) is 0 Å². The van der Waals surface area contributed by atoms with E-state index in [-0.39, 0.29) is 0 Å². The monoisotopic (exact) mass is 215 g/mol. The van der Waals surface area contributed by atoms with E-state index in [4.69, 9.17) is 10.2 Å². The molecule has 0 heterocycles. The van der Waals surface area contributed by atoms with Gasteiger partial charge in [-0.15, -0.1) is 0 Å². The van der Waals surface area contributed by atoms with E-state index in [1.54, 1.807) is 0 Å². The molecule has 1 aliphatic carbocycles. The topological polar surface area (TPSA) is 35.2 Å². The third kappa shape index (κ3) is 4.11. The van der Waals surface area contributed by atoms with Gasteiger partial charge in [0, 0.05) is 6.61 Å². The molecule has 0 saturated heterocycles. The van der Waals surface area contributed by atoms with Gasteiger partial charge >= 0.3 is 0 Å². The molecule has 1 saturated carbocycles. The molecule has 14 heavy (non-hydrogen) atoms. The highest BCUT2D eigenvalue weighted by atomic mass is 28.4. The summed E-state index contributed by atoms with van der Waals surface area (Å²) in [7, 11) is -1.32. The maximum absolute atomic E-state index is 5.98. The molecule has 2 N–H and O–H groups in total. The molecule has 84 valence electrons. The molecule has 0 radical (unpaired) electrons. The molecule has 0 aromatic heterocycles. The molecule has 2 atom stereocenters. The summed E-state index contributed by atoms with van der Waals surface area (Å²) in [6.45, 7) is 8.57. The van der Waals surface area contributed by atoms with Crippen molar-refractivity contribution in [3.63, 3.8) is 0 Å². The van der Waals surface area contributed by atoms with Gasteiger partial charge in [-0.25, -0.2) is 0 Å². The highest BCUT2D eigenvalue weighted by Crippen LogP contribution is 2.30. The average Bonchev–Trinajstić information content (AvgIpc) is 2.14. The number of hydrogen-bond acceptors (Lipinski definition) is 2. The minimum Gasteiger partial charge on any atom is -0.417 e. The number of nitrogens with two attached hydrogens (primary N) is 1. The van der Waals surface area contributed by atoms with Crippen molar-refractivity contribution in [2.24, 2.45) is 17.6 Å². The first-order valence-electron chi connectivity index (χ1n) is 5.87. The molecular weight excluding hydrogens is 190 g/mol. The van der Waals surface area contributed by atoms with E-state index in [9.17, 15) is 0 Å². The van der Waals surface area contributed by atoms with E-state index in [0.29, 0.717) is 0 Å². The predicted molar refractivity (Wildman–Crippen MR) is 63.8 cm³/mol. The van der Waals surface area contributed by atoms with E-state index in [2.05, 4.69) is 19.6 Å². The van der Waals surface area contributed by atoms with Crippen LogP contribution in [-0.2, 0) is 4.43 Å². The van der Waals surface area contributed by atoms with Crippen LogP contribution in [0.25, 0.3) is 0 Å². The summed E-state index contributed by atoms with van der Waals surface area (Å²) in [6, 6.07) is 0. The van der Waals surface area contributed by atoms with Gasteiger partial charge in [0.15, 0.2) is 8.32 Å². The van der Waals surface area contributed by atoms with Gasteiger partial charge < -0.3 is 10.2 Å². The minimum absolute atomic E-state index is 0.722. The Balaban J connectivity index is 2.33. The van der Waals surface area contributed by atoms with E-state index >= 15 is 0 Å². The molecule has 2 nitrogen and oxygen atoms in total. The minimum atomic E-state index is -1.32. The van der Waals surface area contributed by atoms with Crippen molar-refractivity contribution in [1.82, 2.24) is 0 Å². The fraction of sp³-hybridized carbons (Fsp3) is 1.00. The van der Waals surface area contributed by atoms with Crippen molar-refractivity contribution in [1.29, 1.82) is 0 Å². The first-order chi connectivity index (χ1) is 6.53. The molecule has 3 heteroatoms. The number of rotatable bonds is 4. The number of hydrogen-bond donors (Lipinski definition) is 1. The second-order valence-corrected chi connectivity index (χ2v) is 9.98.